The minimum absolute atomic E-state index is 0.0188. The zero-order valence-electron chi connectivity index (χ0n) is 14.5. The van der Waals surface area contributed by atoms with E-state index in [0.29, 0.717) is 43.2 Å². The molecule has 27 heavy (non-hydrogen) atoms. The van der Waals surface area contributed by atoms with Gasteiger partial charge in [-0.15, -0.1) is 0 Å². The zero-order chi connectivity index (χ0) is 19.2. The Bertz CT molecular complexity index is 841. The number of carbonyl (C=O) groups is 2. The fourth-order valence-corrected chi connectivity index (χ4v) is 2.85. The molecule has 0 unspecified atom stereocenters. The Morgan fingerprint density at radius 2 is 1.89 bits per heavy atom. The molecule has 1 fully saturated rings. The van der Waals surface area contributed by atoms with E-state index in [-0.39, 0.29) is 23.4 Å². The van der Waals surface area contributed by atoms with Gasteiger partial charge in [-0.3, -0.25) is 9.59 Å². The summed E-state index contributed by atoms with van der Waals surface area (Å²) in [5, 5.41) is 5.58. The van der Waals surface area contributed by atoms with E-state index < -0.39 is 5.82 Å². The van der Waals surface area contributed by atoms with E-state index in [1.165, 1.54) is 18.2 Å². The van der Waals surface area contributed by atoms with E-state index in [0.717, 1.165) is 0 Å². The number of morpholine rings is 1. The molecule has 142 valence electrons. The van der Waals surface area contributed by atoms with Crippen molar-refractivity contribution in [2.75, 3.05) is 43.5 Å². The smallest absolute Gasteiger partial charge is 0.254 e. The predicted molar refractivity (Wildman–Crippen MR) is 102 cm³/mol. The Morgan fingerprint density at radius 3 is 2.63 bits per heavy atom. The van der Waals surface area contributed by atoms with Crippen LogP contribution in [0.25, 0.3) is 0 Å². The van der Waals surface area contributed by atoms with E-state index in [1.54, 1.807) is 29.2 Å². The lowest BCUT2D eigenvalue weighted by Gasteiger charge is -2.27. The summed E-state index contributed by atoms with van der Waals surface area (Å²) in [6.07, 6.45) is 0. The number of halogens is 2. The average Bonchev–Trinajstić information content (AvgIpc) is 2.69. The number of carbonyl (C=O) groups excluding carboxylic acids is 2. The van der Waals surface area contributed by atoms with Crippen molar-refractivity contribution in [1.82, 2.24) is 4.90 Å². The first-order valence-corrected chi connectivity index (χ1v) is 8.86. The first-order valence-electron chi connectivity index (χ1n) is 8.49. The summed E-state index contributed by atoms with van der Waals surface area (Å²) < 4.78 is 18.4. The van der Waals surface area contributed by atoms with E-state index in [4.69, 9.17) is 16.3 Å². The van der Waals surface area contributed by atoms with Crippen molar-refractivity contribution >= 4 is 34.8 Å². The molecule has 2 aromatic carbocycles. The van der Waals surface area contributed by atoms with Gasteiger partial charge in [0.05, 0.1) is 24.8 Å². The highest BCUT2D eigenvalue weighted by atomic mass is 35.5. The second-order valence-electron chi connectivity index (χ2n) is 6.02. The van der Waals surface area contributed by atoms with Crippen LogP contribution in [0.4, 0.5) is 15.8 Å². The van der Waals surface area contributed by atoms with Gasteiger partial charge >= 0.3 is 0 Å². The van der Waals surface area contributed by atoms with E-state index >= 15 is 0 Å². The second-order valence-corrected chi connectivity index (χ2v) is 6.42. The molecule has 0 aliphatic carbocycles. The van der Waals surface area contributed by atoms with Gasteiger partial charge in [-0.25, -0.2) is 4.39 Å². The monoisotopic (exact) mass is 391 g/mol. The van der Waals surface area contributed by atoms with E-state index in [9.17, 15) is 14.0 Å². The Morgan fingerprint density at radius 1 is 1.11 bits per heavy atom. The number of nitrogens with one attached hydrogen (secondary N) is 2. The van der Waals surface area contributed by atoms with Crippen molar-refractivity contribution in [3.8, 4) is 0 Å². The number of benzene rings is 2. The van der Waals surface area contributed by atoms with Crippen LogP contribution in [0.15, 0.2) is 42.5 Å². The molecule has 1 heterocycles. The van der Waals surface area contributed by atoms with Crippen LogP contribution in [0.1, 0.15) is 10.4 Å². The Kier molecular flexibility index (Phi) is 6.26. The molecule has 1 aliphatic rings. The standard InChI is InChI=1S/C19H19ClFN3O3/c20-16-11-14(4-5-17(16)21)22-12-18(25)23-15-3-1-2-13(10-15)19(26)24-6-8-27-9-7-24/h1-5,10-11,22H,6-9,12H2,(H,23,25). The van der Waals surface area contributed by atoms with Crippen molar-refractivity contribution in [3.63, 3.8) is 0 Å². The van der Waals surface area contributed by atoms with Crippen LogP contribution >= 0.6 is 11.6 Å². The summed E-state index contributed by atoms with van der Waals surface area (Å²) in [6, 6.07) is 10.9. The molecule has 2 amide bonds. The zero-order valence-corrected chi connectivity index (χ0v) is 15.3. The molecule has 0 radical (unpaired) electrons. The normalized spacial score (nSPS) is 13.9. The molecule has 8 heteroatoms. The van der Waals surface area contributed by atoms with Crippen LogP contribution in [0.5, 0.6) is 0 Å². The fraction of sp³-hybridized carbons (Fsp3) is 0.263. The molecule has 2 N–H and O–H groups in total. The van der Waals surface area contributed by atoms with Crippen molar-refractivity contribution < 1.29 is 18.7 Å². The third-order valence-corrected chi connectivity index (χ3v) is 4.35. The van der Waals surface area contributed by atoms with Crippen molar-refractivity contribution in [3.05, 3.63) is 58.9 Å². The first kappa shape index (κ1) is 19.1. The SMILES string of the molecule is O=C(CNc1ccc(F)c(Cl)c1)Nc1cccc(C(=O)N2CCOCC2)c1. The average molecular weight is 392 g/mol. The summed E-state index contributed by atoms with van der Waals surface area (Å²) in [5.41, 5.74) is 1.57. The quantitative estimate of drug-likeness (QED) is 0.822. The van der Waals surface area contributed by atoms with Gasteiger partial charge in [-0.2, -0.15) is 0 Å². The molecule has 0 saturated carbocycles. The lowest BCUT2D eigenvalue weighted by Crippen LogP contribution is -2.40. The van der Waals surface area contributed by atoms with Gasteiger partial charge in [0.15, 0.2) is 0 Å². The number of hydrogen-bond acceptors (Lipinski definition) is 4. The van der Waals surface area contributed by atoms with Gasteiger partial charge in [0.25, 0.3) is 5.91 Å². The van der Waals surface area contributed by atoms with E-state index in [2.05, 4.69) is 10.6 Å². The molecule has 0 atom stereocenters. The molecule has 1 aliphatic heterocycles. The Balaban J connectivity index is 1.57. The number of nitrogens with zero attached hydrogens (tertiary/aromatic N) is 1. The highest BCUT2D eigenvalue weighted by Gasteiger charge is 2.18. The van der Waals surface area contributed by atoms with Crippen LogP contribution in [-0.2, 0) is 9.53 Å². The molecule has 0 spiro atoms. The molecule has 2 aromatic rings. The molecular weight excluding hydrogens is 373 g/mol. The molecule has 1 saturated heterocycles. The first-order chi connectivity index (χ1) is 13.0. The maximum absolute atomic E-state index is 13.1. The predicted octanol–water partition coefficient (Wildman–Crippen LogP) is 3.00. The maximum Gasteiger partial charge on any atom is 0.254 e. The summed E-state index contributed by atoms with van der Waals surface area (Å²) in [6.45, 7) is 2.14. The number of amides is 2. The van der Waals surface area contributed by atoms with Gasteiger partial charge < -0.3 is 20.3 Å². The molecule has 0 aromatic heterocycles. The van der Waals surface area contributed by atoms with Gasteiger partial charge in [0.2, 0.25) is 5.91 Å². The second kappa shape index (κ2) is 8.83. The topological polar surface area (TPSA) is 70.7 Å². The molecule has 6 nitrogen and oxygen atoms in total. The lowest BCUT2D eigenvalue weighted by atomic mass is 10.1. The number of hydrogen-bond donors (Lipinski definition) is 2. The highest BCUT2D eigenvalue weighted by molar-refractivity contribution is 6.31. The fourth-order valence-electron chi connectivity index (χ4n) is 2.67. The molecule has 3 rings (SSSR count). The van der Waals surface area contributed by atoms with Gasteiger partial charge in [0.1, 0.15) is 5.82 Å². The minimum Gasteiger partial charge on any atom is -0.378 e. The van der Waals surface area contributed by atoms with E-state index in [1.807, 2.05) is 0 Å². The van der Waals surface area contributed by atoms with Gasteiger partial charge in [-0.05, 0) is 36.4 Å². The number of ether oxygens (including phenoxy) is 1. The third kappa shape index (κ3) is 5.18. The Hall–Kier alpha value is -2.64. The summed E-state index contributed by atoms with van der Waals surface area (Å²) >= 11 is 5.71. The van der Waals surface area contributed by atoms with Gasteiger partial charge in [-0.1, -0.05) is 17.7 Å². The van der Waals surface area contributed by atoms with Crippen LogP contribution in [-0.4, -0.2) is 49.6 Å². The maximum atomic E-state index is 13.1. The third-order valence-electron chi connectivity index (χ3n) is 4.06. The van der Waals surface area contributed by atoms with Crippen LogP contribution in [0, 0.1) is 5.82 Å². The highest BCUT2D eigenvalue weighted by Crippen LogP contribution is 2.19. The largest absolute Gasteiger partial charge is 0.378 e. The van der Waals surface area contributed by atoms with Crippen molar-refractivity contribution in [1.29, 1.82) is 0 Å². The van der Waals surface area contributed by atoms with Crippen LogP contribution in [0.3, 0.4) is 0 Å². The summed E-state index contributed by atoms with van der Waals surface area (Å²) in [4.78, 5) is 26.4. The van der Waals surface area contributed by atoms with Crippen LogP contribution < -0.4 is 10.6 Å². The van der Waals surface area contributed by atoms with Crippen molar-refractivity contribution in [2.24, 2.45) is 0 Å². The Labute approximate surface area is 161 Å². The minimum atomic E-state index is -0.520. The van der Waals surface area contributed by atoms with Crippen molar-refractivity contribution in [2.45, 2.75) is 0 Å². The molecule has 0 bridgehead atoms. The lowest BCUT2D eigenvalue weighted by molar-refractivity contribution is -0.114. The summed E-state index contributed by atoms with van der Waals surface area (Å²) in [7, 11) is 0. The van der Waals surface area contributed by atoms with Gasteiger partial charge in [0, 0.05) is 30.0 Å². The number of rotatable bonds is 5. The number of anilines is 2. The summed E-state index contributed by atoms with van der Waals surface area (Å²) in [5.74, 6) is -0.909. The molecular formula is C19H19ClFN3O3. The van der Waals surface area contributed by atoms with Crippen LogP contribution in [0.2, 0.25) is 5.02 Å².